The Bertz CT molecular complexity index is 467. The van der Waals surface area contributed by atoms with Gasteiger partial charge in [0, 0.05) is 12.0 Å². The number of carbonyl (C=O) groups excluding carboxylic acids is 1. The molecule has 1 aliphatic rings. The van der Waals surface area contributed by atoms with E-state index in [0.717, 1.165) is 32.5 Å². The first-order valence-electron chi connectivity index (χ1n) is 7.12. The average Bonchev–Trinajstić information content (AvgIpc) is 2.43. The fourth-order valence-corrected chi connectivity index (χ4v) is 2.47. The molecule has 0 aromatic heterocycles. The van der Waals surface area contributed by atoms with Gasteiger partial charge in [0.2, 0.25) is 0 Å². The zero-order chi connectivity index (χ0) is 14.6. The van der Waals surface area contributed by atoms with Gasteiger partial charge in [-0.2, -0.15) is 0 Å². The first kappa shape index (κ1) is 15.0. The number of likely N-dealkylation sites (tertiary alicyclic amines) is 1. The largest absolute Gasteiger partial charge is 0.489 e. The van der Waals surface area contributed by atoms with Gasteiger partial charge in [0.1, 0.15) is 12.4 Å². The molecule has 1 heterocycles. The van der Waals surface area contributed by atoms with E-state index >= 15 is 0 Å². The van der Waals surface area contributed by atoms with Crippen molar-refractivity contribution >= 4 is 5.78 Å². The van der Waals surface area contributed by atoms with Gasteiger partial charge in [-0.1, -0.05) is 19.1 Å². The Morgan fingerprint density at radius 2 is 2.00 bits per heavy atom. The van der Waals surface area contributed by atoms with Crippen LogP contribution in [0.2, 0.25) is 0 Å². The molecule has 20 heavy (non-hydrogen) atoms. The Morgan fingerprint density at radius 3 is 2.60 bits per heavy atom. The van der Waals surface area contributed by atoms with Crippen LogP contribution in [0.1, 0.15) is 26.7 Å². The summed E-state index contributed by atoms with van der Waals surface area (Å²) in [5.74, 6) is 0.258. The molecule has 1 aromatic carbocycles. The van der Waals surface area contributed by atoms with Gasteiger partial charge in [-0.3, -0.25) is 9.69 Å². The molecular formula is C16H22FNO2. The normalized spacial score (nSPS) is 18.8. The number of ether oxygens (including phenoxy) is 1. The smallest absolute Gasteiger partial charge is 0.165 e. The number of para-hydroxylation sites is 1. The number of ketones is 1. The van der Waals surface area contributed by atoms with Crippen LogP contribution in [0.3, 0.4) is 0 Å². The monoisotopic (exact) mass is 279 g/mol. The third-order valence-electron chi connectivity index (χ3n) is 4.31. The molecule has 0 atom stereocenters. The second kappa shape index (κ2) is 6.35. The molecule has 1 saturated heterocycles. The van der Waals surface area contributed by atoms with Crippen molar-refractivity contribution in [3.63, 3.8) is 0 Å². The molecule has 0 radical (unpaired) electrons. The summed E-state index contributed by atoms with van der Waals surface area (Å²) in [7, 11) is 0. The van der Waals surface area contributed by atoms with Crippen LogP contribution >= 0.6 is 0 Å². The highest BCUT2D eigenvalue weighted by atomic mass is 19.1. The molecular weight excluding hydrogens is 257 g/mol. The van der Waals surface area contributed by atoms with E-state index in [1.807, 2.05) is 6.92 Å². The Morgan fingerprint density at radius 1 is 1.35 bits per heavy atom. The lowest BCUT2D eigenvalue weighted by Gasteiger charge is -2.37. The van der Waals surface area contributed by atoms with Gasteiger partial charge in [0.05, 0.1) is 0 Å². The van der Waals surface area contributed by atoms with E-state index in [1.54, 1.807) is 25.1 Å². The molecule has 3 nitrogen and oxygen atoms in total. The van der Waals surface area contributed by atoms with Gasteiger partial charge in [-0.15, -0.1) is 0 Å². The summed E-state index contributed by atoms with van der Waals surface area (Å²) in [4.78, 5) is 13.8. The van der Waals surface area contributed by atoms with Crippen LogP contribution in [0, 0.1) is 11.2 Å². The van der Waals surface area contributed by atoms with Crippen molar-refractivity contribution in [3.8, 4) is 5.75 Å². The Labute approximate surface area is 119 Å². The van der Waals surface area contributed by atoms with Crippen molar-refractivity contribution in [3.05, 3.63) is 30.1 Å². The number of Topliss-reactive ketones (excluding diaryl/α,β-unsaturated/α-hetero) is 1. The molecule has 1 fully saturated rings. The number of hydrogen-bond acceptors (Lipinski definition) is 3. The molecule has 4 heteroatoms. The second-order valence-electron chi connectivity index (χ2n) is 5.74. The molecule has 0 amide bonds. The van der Waals surface area contributed by atoms with Crippen molar-refractivity contribution < 1.29 is 13.9 Å². The van der Waals surface area contributed by atoms with Crippen molar-refractivity contribution in [1.82, 2.24) is 4.90 Å². The standard InChI is InChI=1S/C16H22FNO2/c1-13(19)16(2)7-9-18(10-8-16)11-12-20-15-6-4-3-5-14(15)17/h3-6H,7-12H2,1-2H3. The summed E-state index contributed by atoms with van der Waals surface area (Å²) in [6.07, 6.45) is 1.78. The van der Waals surface area contributed by atoms with Crippen LogP contribution in [0.5, 0.6) is 5.75 Å². The van der Waals surface area contributed by atoms with E-state index in [-0.39, 0.29) is 17.0 Å². The van der Waals surface area contributed by atoms with Gasteiger partial charge in [-0.05, 0) is 45.0 Å². The molecule has 110 valence electrons. The second-order valence-corrected chi connectivity index (χ2v) is 5.74. The lowest BCUT2D eigenvalue weighted by Crippen LogP contribution is -2.43. The number of piperidine rings is 1. The minimum absolute atomic E-state index is 0.164. The van der Waals surface area contributed by atoms with Crippen molar-refractivity contribution in [2.45, 2.75) is 26.7 Å². The van der Waals surface area contributed by atoms with Crippen LogP contribution < -0.4 is 4.74 Å². The van der Waals surface area contributed by atoms with E-state index in [0.29, 0.717) is 12.4 Å². The molecule has 0 bridgehead atoms. The topological polar surface area (TPSA) is 29.5 Å². The van der Waals surface area contributed by atoms with Crippen molar-refractivity contribution in [2.75, 3.05) is 26.2 Å². The van der Waals surface area contributed by atoms with Crippen LogP contribution in [0.15, 0.2) is 24.3 Å². The molecule has 1 aromatic rings. The highest BCUT2D eigenvalue weighted by Crippen LogP contribution is 2.31. The third kappa shape index (κ3) is 3.57. The Hall–Kier alpha value is -1.42. The number of nitrogens with zero attached hydrogens (tertiary/aromatic N) is 1. The maximum absolute atomic E-state index is 13.4. The van der Waals surface area contributed by atoms with Crippen LogP contribution in [0.25, 0.3) is 0 Å². The zero-order valence-corrected chi connectivity index (χ0v) is 12.2. The zero-order valence-electron chi connectivity index (χ0n) is 12.2. The van der Waals surface area contributed by atoms with Crippen molar-refractivity contribution in [1.29, 1.82) is 0 Å². The van der Waals surface area contributed by atoms with E-state index in [4.69, 9.17) is 4.74 Å². The van der Waals surface area contributed by atoms with E-state index in [1.165, 1.54) is 6.07 Å². The minimum Gasteiger partial charge on any atom is -0.489 e. The first-order valence-corrected chi connectivity index (χ1v) is 7.12. The minimum atomic E-state index is -0.324. The Balaban J connectivity index is 1.74. The third-order valence-corrected chi connectivity index (χ3v) is 4.31. The lowest BCUT2D eigenvalue weighted by atomic mass is 9.77. The van der Waals surface area contributed by atoms with Gasteiger partial charge < -0.3 is 4.74 Å². The fourth-order valence-electron chi connectivity index (χ4n) is 2.47. The Kier molecular flexibility index (Phi) is 4.76. The van der Waals surface area contributed by atoms with Gasteiger partial charge in [0.25, 0.3) is 0 Å². The summed E-state index contributed by atoms with van der Waals surface area (Å²) < 4.78 is 18.8. The number of rotatable bonds is 5. The predicted octanol–water partition coefficient (Wildman–Crippen LogP) is 2.90. The van der Waals surface area contributed by atoms with E-state index in [9.17, 15) is 9.18 Å². The predicted molar refractivity (Wildman–Crippen MR) is 76.4 cm³/mol. The summed E-state index contributed by atoms with van der Waals surface area (Å²) in [5, 5.41) is 0. The highest BCUT2D eigenvalue weighted by molar-refractivity contribution is 5.82. The molecule has 0 N–H and O–H groups in total. The maximum atomic E-state index is 13.4. The van der Waals surface area contributed by atoms with Crippen LogP contribution in [0.4, 0.5) is 4.39 Å². The van der Waals surface area contributed by atoms with E-state index < -0.39 is 0 Å². The molecule has 2 rings (SSSR count). The van der Waals surface area contributed by atoms with Gasteiger partial charge in [-0.25, -0.2) is 4.39 Å². The summed E-state index contributed by atoms with van der Waals surface area (Å²) in [6, 6.07) is 6.44. The van der Waals surface area contributed by atoms with Gasteiger partial charge >= 0.3 is 0 Å². The summed E-state index contributed by atoms with van der Waals surface area (Å²) in [5.41, 5.74) is -0.164. The van der Waals surface area contributed by atoms with Crippen LogP contribution in [-0.4, -0.2) is 36.9 Å². The molecule has 0 saturated carbocycles. The summed E-state index contributed by atoms with van der Waals surface area (Å²) >= 11 is 0. The van der Waals surface area contributed by atoms with E-state index in [2.05, 4.69) is 4.90 Å². The molecule has 1 aliphatic heterocycles. The van der Waals surface area contributed by atoms with Crippen LogP contribution in [-0.2, 0) is 4.79 Å². The maximum Gasteiger partial charge on any atom is 0.165 e. The number of benzene rings is 1. The first-order chi connectivity index (χ1) is 9.51. The molecule has 0 aliphatic carbocycles. The number of hydrogen-bond donors (Lipinski definition) is 0. The number of halogens is 1. The summed E-state index contributed by atoms with van der Waals surface area (Å²) in [6.45, 7) is 6.76. The lowest BCUT2D eigenvalue weighted by molar-refractivity contribution is -0.128. The highest BCUT2D eigenvalue weighted by Gasteiger charge is 2.33. The molecule has 0 spiro atoms. The van der Waals surface area contributed by atoms with Crippen molar-refractivity contribution in [2.24, 2.45) is 5.41 Å². The SMILES string of the molecule is CC(=O)C1(C)CCN(CCOc2ccccc2F)CC1. The number of carbonyl (C=O) groups is 1. The molecule has 0 unspecified atom stereocenters. The quantitative estimate of drug-likeness (QED) is 0.830. The van der Waals surface area contributed by atoms with Gasteiger partial charge in [0.15, 0.2) is 11.6 Å². The average molecular weight is 279 g/mol. The fraction of sp³-hybridized carbons (Fsp3) is 0.562.